The zero-order valence-electron chi connectivity index (χ0n) is 16.2. The van der Waals surface area contributed by atoms with Crippen molar-refractivity contribution in [3.63, 3.8) is 0 Å². The van der Waals surface area contributed by atoms with Crippen LogP contribution in [0.4, 0.5) is 4.39 Å². The van der Waals surface area contributed by atoms with Gasteiger partial charge in [0, 0.05) is 18.5 Å². The molecule has 1 saturated heterocycles. The molecule has 0 aromatic rings. The maximum atomic E-state index is 13.8. The van der Waals surface area contributed by atoms with Crippen LogP contribution in [0, 0.1) is 34.6 Å². The Morgan fingerprint density at radius 3 is 2.52 bits per heavy atom. The maximum Gasteiger partial charge on any atom is 0.223 e. The van der Waals surface area contributed by atoms with E-state index in [1.54, 1.807) is 0 Å². The summed E-state index contributed by atoms with van der Waals surface area (Å²) >= 11 is 0. The van der Waals surface area contributed by atoms with Crippen LogP contribution in [-0.4, -0.2) is 47.5 Å². The van der Waals surface area contributed by atoms with Crippen LogP contribution < -0.4 is 11.1 Å². The van der Waals surface area contributed by atoms with E-state index < -0.39 is 11.7 Å². The number of alkyl halides is 1. The van der Waals surface area contributed by atoms with E-state index in [1.807, 2.05) is 20.0 Å². The molecule has 5 fully saturated rings. The van der Waals surface area contributed by atoms with Crippen molar-refractivity contribution in [3.05, 3.63) is 0 Å². The normalized spacial score (nSPS) is 41.6. The summed E-state index contributed by atoms with van der Waals surface area (Å²) in [6.07, 6.45) is 6.51. The Bertz CT molecular complexity index is 683. The first-order valence-electron chi connectivity index (χ1n) is 10.2. The Morgan fingerprint density at radius 2 is 2.00 bits per heavy atom. The standard InChI is InChI=1S/C20H30FN5O/c1-19(2,26-4-3-15(21)10-26)18(24-11-22)25-16-13-5-12-6-14(16)9-20(7-12,8-13)17(23)27/h12-16H,3-10H2,1-2H3,(H2,23,27)(H,24,25). The van der Waals surface area contributed by atoms with Crippen molar-refractivity contribution in [2.24, 2.45) is 33.9 Å². The van der Waals surface area contributed by atoms with Crippen molar-refractivity contribution >= 4 is 11.7 Å². The summed E-state index contributed by atoms with van der Waals surface area (Å²) in [6.45, 7) is 5.07. The van der Waals surface area contributed by atoms with Crippen molar-refractivity contribution in [1.82, 2.24) is 10.2 Å². The molecule has 5 rings (SSSR count). The highest BCUT2D eigenvalue weighted by Crippen LogP contribution is 2.60. The van der Waals surface area contributed by atoms with Gasteiger partial charge < -0.3 is 5.73 Å². The van der Waals surface area contributed by atoms with Crippen LogP contribution in [0.1, 0.15) is 52.4 Å². The molecule has 4 bridgehead atoms. The van der Waals surface area contributed by atoms with E-state index in [-0.39, 0.29) is 17.4 Å². The summed E-state index contributed by atoms with van der Waals surface area (Å²) in [7, 11) is 0. The molecule has 3 N–H and O–H groups in total. The number of amidine groups is 1. The van der Waals surface area contributed by atoms with Gasteiger partial charge in [0.25, 0.3) is 0 Å². The summed E-state index contributed by atoms with van der Waals surface area (Å²) in [5.41, 5.74) is 4.92. The molecule has 1 heterocycles. The first-order chi connectivity index (χ1) is 12.7. The lowest BCUT2D eigenvalue weighted by atomic mass is 9.48. The summed E-state index contributed by atoms with van der Waals surface area (Å²) in [5.74, 6) is 1.76. The number of hydrogen-bond donors (Lipinski definition) is 2. The highest BCUT2D eigenvalue weighted by atomic mass is 19.1. The van der Waals surface area contributed by atoms with Gasteiger partial charge in [-0.1, -0.05) is 0 Å². The van der Waals surface area contributed by atoms with E-state index in [0.29, 0.717) is 43.1 Å². The van der Waals surface area contributed by atoms with E-state index >= 15 is 0 Å². The molecule has 1 aliphatic heterocycles. The number of nitrogens with one attached hydrogen (secondary N) is 1. The number of nitriles is 1. The average Bonchev–Trinajstić information content (AvgIpc) is 3.03. The van der Waals surface area contributed by atoms with Gasteiger partial charge in [0.15, 0.2) is 6.19 Å². The van der Waals surface area contributed by atoms with Crippen LogP contribution in [0.2, 0.25) is 0 Å². The predicted molar refractivity (Wildman–Crippen MR) is 100 cm³/mol. The van der Waals surface area contributed by atoms with Crippen LogP contribution in [-0.2, 0) is 4.79 Å². The molecule has 148 valence electrons. The zero-order valence-corrected chi connectivity index (χ0v) is 16.2. The smallest absolute Gasteiger partial charge is 0.223 e. The third-order valence-corrected chi connectivity index (χ3v) is 7.70. The van der Waals surface area contributed by atoms with Crippen molar-refractivity contribution in [2.75, 3.05) is 13.1 Å². The minimum atomic E-state index is -0.816. The molecule has 3 unspecified atom stereocenters. The Morgan fingerprint density at radius 1 is 1.33 bits per heavy atom. The molecule has 3 atom stereocenters. The molecule has 4 saturated carbocycles. The average molecular weight is 375 g/mol. The number of hydrogen-bond acceptors (Lipinski definition) is 4. The molecule has 7 heteroatoms. The fourth-order valence-corrected chi connectivity index (χ4v) is 6.43. The number of carbonyl (C=O) groups excluding carboxylic acids is 1. The second-order valence-corrected chi connectivity index (χ2v) is 9.71. The Labute approximate surface area is 160 Å². The number of halogens is 1. The summed E-state index contributed by atoms with van der Waals surface area (Å²) in [5, 5.41) is 12.1. The number of aliphatic imine (C=N–C) groups is 1. The van der Waals surface area contributed by atoms with Gasteiger partial charge in [0.1, 0.15) is 12.0 Å². The van der Waals surface area contributed by atoms with Crippen molar-refractivity contribution in [2.45, 2.75) is 70.1 Å². The topological polar surface area (TPSA) is 94.5 Å². The molecule has 4 aliphatic carbocycles. The van der Waals surface area contributed by atoms with Crippen molar-refractivity contribution in [1.29, 1.82) is 5.26 Å². The van der Waals surface area contributed by atoms with Crippen molar-refractivity contribution in [3.8, 4) is 6.19 Å². The third kappa shape index (κ3) is 3.02. The molecule has 0 spiro atoms. The Balaban J connectivity index is 1.61. The van der Waals surface area contributed by atoms with Gasteiger partial charge in [-0.3, -0.25) is 20.0 Å². The van der Waals surface area contributed by atoms with Gasteiger partial charge in [0.05, 0.1) is 11.6 Å². The summed E-state index contributed by atoms with van der Waals surface area (Å²) in [6, 6.07) is 0.118. The van der Waals surface area contributed by atoms with Crippen LogP contribution in [0.15, 0.2) is 4.99 Å². The highest BCUT2D eigenvalue weighted by Gasteiger charge is 2.58. The molecule has 0 aromatic heterocycles. The minimum Gasteiger partial charge on any atom is -0.369 e. The third-order valence-electron chi connectivity index (χ3n) is 7.70. The van der Waals surface area contributed by atoms with Crippen LogP contribution in [0.3, 0.4) is 0 Å². The number of carbonyl (C=O) groups is 1. The largest absolute Gasteiger partial charge is 0.369 e. The summed E-state index contributed by atoms with van der Waals surface area (Å²) in [4.78, 5) is 19.3. The lowest BCUT2D eigenvalue weighted by Gasteiger charge is -2.58. The molecular formula is C20H30FN5O. The lowest BCUT2D eigenvalue weighted by molar-refractivity contribution is -0.144. The number of nitrogens with two attached hydrogens (primary N) is 1. The molecule has 1 amide bonds. The second kappa shape index (κ2) is 6.44. The van der Waals surface area contributed by atoms with Gasteiger partial charge in [-0.25, -0.2) is 4.39 Å². The zero-order chi connectivity index (χ0) is 19.4. The van der Waals surface area contributed by atoms with Crippen LogP contribution >= 0.6 is 0 Å². The van der Waals surface area contributed by atoms with Gasteiger partial charge in [-0.2, -0.15) is 5.26 Å². The number of primary amides is 1. The van der Waals surface area contributed by atoms with Gasteiger partial charge in [0.2, 0.25) is 5.91 Å². The number of rotatable bonds is 4. The second-order valence-electron chi connectivity index (χ2n) is 9.71. The molecule has 27 heavy (non-hydrogen) atoms. The Kier molecular flexibility index (Phi) is 4.45. The molecule has 6 nitrogen and oxygen atoms in total. The monoisotopic (exact) mass is 375 g/mol. The van der Waals surface area contributed by atoms with E-state index in [9.17, 15) is 14.4 Å². The van der Waals surface area contributed by atoms with Gasteiger partial charge in [-0.15, -0.1) is 0 Å². The summed E-state index contributed by atoms with van der Waals surface area (Å²) < 4.78 is 13.8. The number of likely N-dealkylation sites (tertiary alicyclic amines) is 1. The van der Waals surface area contributed by atoms with E-state index in [0.717, 1.165) is 32.1 Å². The lowest BCUT2D eigenvalue weighted by Crippen LogP contribution is -2.59. The fourth-order valence-electron chi connectivity index (χ4n) is 6.43. The van der Waals surface area contributed by atoms with Crippen LogP contribution in [0.5, 0.6) is 0 Å². The van der Waals surface area contributed by atoms with E-state index in [1.165, 1.54) is 0 Å². The molecule has 0 aromatic carbocycles. The first-order valence-corrected chi connectivity index (χ1v) is 10.2. The van der Waals surface area contributed by atoms with Crippen LogP contribution in [0.25, 0.3) is 0 Å². The molecular weight excluding hydrogens is 345 g/mol. The van der Waals surface area contributed by atoms with Crippen molar-refractivity contribution < 1.29 is 9.18 Å². The SMILES string of the molecule is CC(C)(C(=NC1C2CC3CC1CC(C(N)=O)(C3)C2)NC#N)N1CCC(F)C1. The molecule has 0 radical (unpaired) electrons. The predicted octanol–water partition coefficient (Wildman–Crippen LogP) is 1.96. The molecule has 5 aliphatic rings. The van der Waals surface area contributed by atoms with E-state index in [2.05, 4.69) is 10.2 Å². The van der Waals surface area contributed by atoms with Gasteiger partial charge in [-0.05, 0) is 70.1 Å². The first kappa shape index (κ1) is 18.7. The minimum absolute atomic E-state index is 0.118. The van der Waals surface area contributed by atoms with Gasteiger partial charge >= 0.3 is 0 Å². The number of nitrogens with zero attached hydrogens (tertiary/aromatic N) is 3. The highest BCUT2D eigenvalue weighted by molar-refractivity contribution is 5.92. The quantitative estimate of drug-likeness (QED) is 0.340. The number of amides is 1. The maximum absolute atomic E-state index is 13.8. The Hall–Kier alpha value is -1.68. The van der Waals surface area contributed by atoms with E-state index in [4.69, 9.17) is 10.7 Å². The fraction of sp³-hybridized carbons (Fsp3) is 0.850.